The number of nitrogens with zero attached hydrogens (tertiary/aromatic N) is 8. The zero-order valence-corrected chi connectivity index (χ0v) is 55.2. The quantitative estimate of drug-likeness (QED) is 0.137. The van der Waals surface area contributed by atoms with Crippen molar-refractivity contribution in [3.05, 3.63) is 370 Å². The molecule has 0 N–H and O–H groups in total. The Bertz CT molecular complexity index is 6600. The van der Waals surface area contributed by atoms with Crippen molar-refractivity contribution in [2.45, 2.75) is 0 Å². The zero-order chi connectivity index (χ0) is 67.6. The Labute approximate surface area is 588 Å². The Hall–Kier alpha value is -14.0. The molecule has 20 aromatic rings. The summed E-state index contributed by atoms with van der Waals surface area (Å²) in [6, 6.07) is 131. The van der Waals surface area contributed by atoms with Gasteiger partial charge < -0.3 is 18.3 Å². The highest BCUT2D eigenvalue weighted by Crippen LogP contribution is 2.42. The van der Waals surface area contributed by atoms with E-state index < -0.39 is 0 Å². The summed E-state index contributed by atoms with van der Waals surface area (Å²) < 4.78 is 9.45. The van der Waals surface area contributed by atoms with Crippen LogP contribution in [0.15, 0.2) is 364 Å². The molecule has 0 atom stereocenters. The summed E-state index contributed by atoms with van der Waals surface area (Å²) in [5, 5.41) is 19.0. The van der Waals surface area contributed by atoms with E-state index in [1.807, 2.05) is 84.9 Å². The van der Waals surface area contributed by atoms with Crippen molar-refractivity contribution in [2.24, 2.45) is 0 Å². The van der Waals surface area contributed by atoms with Gasteiger partial charge in [-0.15, -0.1) is 0 Å². The fraction of sp³-hybridized carbons (Fsp3) is 0. The summed E-state index contributed by atoms with van der Waals surface area (Å²) >= 11 is 0. The second-order valence-electron chi connectivity index (χ2n) is 25.8. The molecular formula is C94H60N8. The summed E-state index contributed by atoms with van der Waals surface area (Å²) in [5.74, 6) is 1.92. The Morgan fingerprint density at radius 2 is 0.480 bits per heavy atom. The predicted octanol–water partition coefficient (Wildman–Crippen LogP) is 23.8. The third-order valence-electron chi connectivity index (χ3n) is 19.9. The minimum absolute atomic E-state index is 0.629. The minimum Gasteiger partial charge on any atom is -0.309 e. The molecule has 102 heavy (non-hydrogen) atoms. The Morgan fingerprint density at radius 3 is 0.912 bits per heavy atom. The highest BCUT2D eigenvalue weighted by atomic mass is 15.0. The number of benzene rings is 15. The highest BCUT2D eigenvalue weighted by molar-refractivity contribution is 6.15. The Kier molecular flexibility index (Phi) is 14.4. The number of hydrogen-bond donors (Lipinski definition) is 0. The lowest BCUT2D eigenvalue weighted by atomic mass is 10.0. The van der Waals surface area contributed by atoms with E-state index in [1.54, 1.807) is 0 Å². The van der Waals surface area contributed by atoms with Gasteiger partial charge in [0.25, 0.3) is 0 Å². The first-order chi connectivity index (χ1) is 50.5. The van der Waals surface area contributed by atoms with Crippen LogP contribution in [0.5, 0.6) is 0 Å². The molecule has 0 spiro atoms. The van der Waals surface area contributed by atoms with Crippen LogP contribution in [0.4, 0.5) is 0 Å². The largest absolute Gasteiger partial charge is 0.309 e. The lowest BCUT2D eigenvalue weighted by Crippen LogP contribution is -2.01. The second-order valence-corrected chi connectivity index (χ2v) is 25.8. The van der Waals surface area contributed by atoms with E-state index in [-0.39, 0.29) is 0 Å². The Morgan fingerprint density at radius 1 is 0.186 bits per heavy atom. The molecule has 0 amide bonds. The first-order valence-corrected chi connectivity index (χ1v) is 34.4. The van der Waals surface area contributed by atoms with Gasteiger partial charge in [0, 0.05) is 82.5 Å². The zero-order valence-electron chi connectivity index (χ0n) is 55.2. The van der Waals surface area contributed by atoms with Crippen LogP contribution in [-0.4, -0.2) is 33.2 Å². The van der Waals surface area contributed by atoms with Gasteiger partial charge >= 0.3 is 0 Å². The van der Waals surface area contributed by atoms with Gasteiger partial charge in [-0.25, -0.2) is 15.0 Å². The van der Waals surface area contributed by atoms with Crippen molar-refractivity contribution < 1.29 is 0 Å². The molecule has 8 heteroatoms. The average molecular weight is 1300 g/mol. The number of nitriles is 1. The first-order valence-electron chi connectivity index (χ1n) is 34.4. The molecule has 0 saturated heterocycles. The van der Waals surface area contributed by atoms with Crippen molar-refractivity contribution in [3.63, 3.8) is 0 Å². The molecule has 0 aliphatic heterocycles. The summed E-state index contributed by atoms with van der Waals surface area (Å²) in [4.78, 5) is 15.0. The van der Waals surface area contributed by atoms with Crippen molar-refractivity contribution in [1.29, 1.82) is 5.26 Å². The summed E-state index contributed by atoms with van der Waals surface area (Å²) in [5.41, 5.74) is 24.4. The standard InChI is InChI=1S/C51H33N5.C43H27N3/c1-4-15-34(16-5-1)49-52-50(35-17-6-2-7-18-35)54-51(53-49)38-19-14-22-40(31-38)56-45-25-12-10-23-41(45)43-29-27-37(33-48(43)56)36-28-30-47-44(32-36)42-24-11-13-26-46(42)55(47)39-20-8-3-9-21-39;44-28-29-14-16-30(17-15-29)31-18-22-35(23-19-31)46-41-13-7-5-11-37(41)39-27-33(21-25-43(39)46)32-20-24-42-38(26-32)36-10-4-6-12-40(36)45(42)34-8-2-1-3-9-34/h1-33H;1-27H. The van der Waals surface area contributed by atoms with Gasteiger partial charge in [0.2, 0.25) is 0 Å². The number of para-hydroxylation sites is 6. The molecule has 15 aromatic carbocycles. The maximum atomic E-state index is 9.16. The molecule has 5 heterocycles. The van der Waals surface area contributed by atoms with Crippen molar-refractivity contribution in [3.8, 4) is 96.4 Å². The van der Waals surface area contributed by atoms with Crippen molar-refractivity contribution in [2.75, 3.05) is 0 Å². The second kappa shape index (κ2) is 24.8. The number of hydrogen-bond acceptors (Lipinski definition) is 4. The van der Waals surface area contributed by atoms with Crippen LogP contribution in [0.2, 0.25) is 0 Å². The fourth-order valence-corrected chi connectivity index (χ4v) is 15.1. The van der Waals surface area contributed by atoms with E-state index in [2.05, 4.69) is 303 Å². The van der Waals surface area contributed by atoms with Crippen LogP contribution >= 0.6 is 0 Å². The highest BCUT2D eigenvalue weighted by Gasteiger charge is 2.21. The van der Waals surface area contributed by atoms with Gasteiger partial charge in [0.1, 0.15) is 0 Å². The third-order valence-corrected chi connectivity index (χ3v) is 19.9. The molecule has 20 rings (SSSR count). The molecule has 476 valence electrons. The third kappa shape index (κ3) is 10.3. The van der Waals surface area contributed by atoms with Crippen LogP contribution < -0.4 is 0 Å². The predicted molar refractivity (Wildman–Crippen MR) is 421 cm³/mol. The van der Waals surface area contributed by atoms with Crippen molar-refractivity contribution >= 4 is 87.2 Å². The van der Waals surface area contributed by atoms with E-state index >= 15 is 0 Å². The molecule has 0 saturated carbocycles. The van der Waals surface area contributed by atoms with Gasteiger partial charge in [-0.05, 0) is 161 Å². The summed E-state index contributed by atoms with van der Waals surface area (Å²) in [6.07, 6.45) is 0. The molecule has 0 unspecified atom stereocenters. The van der Waals surface area contributed by atoms with Crippen LogP contribution in [-0.2, 0) is 0 Å². The lowest BCUT2D eigenvalue weighted by molar-refractivity contribution is 1.07. The van der Waals surface area contributed by atoms with Gasteiger partial charge in [-0.1, -0.05) is 237 Å². The maximum absolute atomic E-state index is 9.16. The first kappa shape index (κ1) is 59.3. The van der Waals surface area contributed by atoms with E-state index in [0.717, 1.165) is 61.5 Å². The van der Waals surface area contributed by atoms with Crippen LogP contribution in [0.3, 0.4) is 0 Å². The van der Waals surface area contributed by atoms with Crippen LogP contribution in [0.1, 0.15) is 5.56 Å². The molecule has 0 aliphatic carbocycles. The molecule has 0 radical (unpaired) electrons. The average Bonchev–Trinajstić information content (AvgIpc) is 1.62. The van der Waals surface area contributed by atoms with Crippen LogP contribution in [0, 0.1) is 11.3 Å². The van der Waals surface area contributed by atoms with Gasteiger partial charge in [-0.2, -0.15) is 5.26 Å². The molecule has 8 nitrogen and oxygen atoms in total. The minimum atomic E-state index is 0.629. The summed E-state index contributed by atoms with van der Waals surface area (Å²) in [6.45, 7) is 0. The lowest BCUT2D eigenvalue weighted by Gasteiger charge is -2.12. The van der Waals surface area contributed by atoms with Gasteiger partial charge in [0.15, 0.2) is 17.5 Å². The summed E-state index contributed by atoms with van der Waals surface area (Å²) in [7, 11) is 0. The van der Waals surface area contributed by atoms with Gasteiger partial charge in [-0.3, -0.25) is 0 Å². The number of fused-ring (bicyclic) bond motifs is 12. The fourth-order valence-electron chi connectivity index (χ4n) is 15.1. The SMILES string of the molecule is N#Cc1ccc(-c2ccc(-n3c4ccccc4c4cc(-c5ccc6c(c5)c5ccccc5n6-c5ccccc5)ccc43)cc2)cc1.c1ccc(-c2nc(-c3ccccc3)nc(-c3cccc(-n4c5ccccc5c5ccc(-c6ccc7c(c6)c6ccccc6n7-c6ccccc6)cc54)c3)n2)cc1. The van der Waals surface area contributed by atoms with Crippen molar-refractivity contribution in [1.82, 2.24) is 33.2 Å². The topological polar surface area (TPSA) is 82.2 Å². The molecule has 5 aromatic heterocycles. The molecule has 0 fully saturated rings. The Balaban J connectivity index is 0.000000144. The van der Waals surface area contributed by atoms with Crippen LogP contribution in [0.25, 0.3) is 178 Å². The number of rotatable bonds is 10. The smallest absolute Gasteiger partial charge is 0.164 e. The molecule has 0 aliphatic rings. The normalized spacial score (nSPS) is 11.5. The van der Waals surface area contributed by atoms with E-state index in [9.17, 15) is 0 Å². The van der Waals surface area contributed by atoms with E-state index in [4.69, 9.17) is 20.2 Å². The van der Waals surface area contributed by atoms with E-state index in [1.165, 1.54) is 98.6 Å². The number of aromatic nitrogens is 7. The maximum Gasteiger partial charge on any atom is 0.164 e. The van der Waals surface area contributed by atoms with E-state index in [0.29, 0.717) is 23.0 Å². The molecular weight excluding hydrogens is 1240 g/mol. The molecule has 0 bridgehead atoms. The monoisotopic (exact) mass is 1300 g/mol. The van der Waals surface area contributed by atoms with Gasteiger partial charge in [0.05, 0.1) is 55.8 Å².